The monoisotopic (exact) mass is 259 g/mol. The Bertz CT molecular complexity index is 506. The van der Waals surface area contributed by atoms with E-state index in [-0.39, 0.29) is 6.04 Å². The Morgan fingerprint density at radius 1 is 1.37 bits per heavy atom. The molecule has 1 N–H and O–H groups in total. The zero-order valence-electron chi connectivity index (χ0n) is 11.8. The van der Waals surface area contributed by atoms with E-state index >= 15 is 0 Å². The molecule has 5 nitrogen and oxygen atoms in total. The van der Waals surface area contributed by atoms with Gasteiger partial charge in [0.25, 0.3) is 0 Å². The molecule has 0 aliphatic carbocycles. The number of aromatic nitrogens is 4. The largest absolute Gasteiger partial charge is 0.311 e. The Hall–Kier alpha value is -1.75. The van der Waals surface area contributed by atoms with Crippen LogP contribution in [0.25, 0.3) is 0 Å². The summed E-state index contributed by atoms with van der Waals surface area (Å²) in [5.41, 5.74) is 3.41. The summed E-state index contributed by atoms with van der Waals surface area (Å²) in [5.74, 6) is 0. The van der Waals surface area contributed by atoms with Crippen molar-refractivity contribution >= 4 is 0 Å². The Morgan fingerprint density at radius 3 is 2.79 bits per heavy atom. The van der Waals surface area contributed by atoms with E-state index in [9.17, 15) is 0 Å². The van der Waals surface area contributed by atoms with Crippen molar-refractivity contribution in [3.05, 3.63) is 41.7 Å². The number of hydrogen-bond donors (Lipinski definition) is 1. The molecular formula is C14H21N5. The smallest absolute Gasteiger partial charge is 0.115 e. The normalized spacial score (nSPS) is 12.6. The highest BCUT2D eigenvalue weighted by atomic mass is 15.3. The average molecular weight is 259 g/mol. The summed E-state index contributed by atoms with van der Waals surface area (Å²) < 4.78 is 2.07. The number of aryl methyl sites for hydroxylation is 2. The van der Waals surface area contributed by atoms with Gasteiger partial charge in [-0.2, -0.15) is 5.10 Å². The van der Waals surface area contributed by atoms with E-state index in [1.54, 1.807) is 12.5 Å². The van der Waals surface area contributed by atoms with Crippen molar-refractivity contribution in [2.75, 3.05) is 7.05 Å². The van der Waals surface area contributed by atoms with Crippen molar-refractivity contribution in [2.24, 2.45) is 0 Å². The van der Waals surface area contributed by atoms with Crippen LogP contribution < -0.4 is 5.32 Å². The van der Waals surface area contributed by atoms with Gasteiger partial charge in [-0.3, -0.25) is 4.68 Å². The number of rotatable bonds is 6. The maximum atomic E-state index is 4.58. The molecule has 0 aromatic carbocycles. The van der Waals surface area contributed by atoms with E-state index in [2.05, 4.69) is 45.0 Å². The zero-order valence-corrected chi connectivity index (χ0v) is 11.8. The maximum Gasteiger partial charge on any atom is 0.115 e. The van der Waals surface area contributed by atoms with Crippen LogP contribution in [0.15, 0.2) is 24.7 Å². The van der Waals surface area contributed by atoms with Gasteiger partial charge in [0, 0.05) is 24.9 Å². The summed E-state index contributed by atoms with van der Waals surface area (Å²) in [6.07, 6.45) is 5.22. The van der Waals surface area contributed by atoms with Crippen LogP contribution in [0.2, 0.25) is 0 Å². The topological polar surface area (TPSA) is 55.6 Å². The number of nitrogens with one attached hydrogen (secondary N) is 1. The molecule has 2 heterocycles. The summed E-state index contributed by atoms with van der Waals surface area (Å²) in [6, 6.07) is 4.33. The van der Waals surface area contributed by atoms with Gasteiger partial charge in [-0.1, -0.05) is 6.92 Å². The van der Waals surface area contributed by atoms with E-state index in [1.807, 2.05) is 13.1 Å². The van der Waals surface area contributed by atoms with Gasteiger partial charge in [-0.25, -0.2) is 9.97 Å². The highest BCUT2D eigenvalue weighted by molar-refractivity contribution is 5.15. The molecular weight excluding hydrogens is 238 g/mol. The Balaban J connectivity index is 2.21. The van der Waals surface area contributed by atoms with Gasteiger partial charge in [-0.05, 0) is 32.5 Å². The highest BCUT2D eigenvalue weighted by Gasteiger charge is 2.15. The minimum Gasteiger partial charge on any atom is -0.311 e. The molecule has 2 aromatic rings. The minimum atomic E-state index is 0.190. The molecule has 0 aliphatic rings. The molecule has 0 radical (unpaired) electrons. The van der Waals surface area contributed by atoms with Crippen LogP contribution in [0, 0.1) is 0 Å². The third-order valence-corrected chi connectivity index (χ3v) is 3.30. The molecule has 19 heavy (non-hydrogen) atoms. The lowest BCUT2D eigenvalue weighted by Gasteiger charge is -2.15. The van der Waals surface area contributed by atoms with Gasteiger partial charge in [0.05, 0.1) is 17.4 Å². The lowest BCUT2D eigenvalue weighted by Crippen LogP contribution is -2.21. The SMILES string of the molecule is CCc1cc(CC(NC)c2ccncn2)n(CC)n1. The van der Waals surface area contributed by atoms with Crippen LogP contribution in [-0.2, 0) is 19.4 Å². The lowest BCUT2D eigenvalue weighted by molar-refractivity contribution is 0.530. The Morgan fingerprint density at radius 2 is 2.21 bits per heavy atom. The van der Waals surface area contributed by atoms with Gasteiger partial charge in [0.1, 0.15) is 6.33 Å². The third-order valence-electron chi connectivity index (χ3n) is 3.30. The molecule has 5 heteroatoms. The van der Waals surface area contributed by atoms with E-state index in [0.717, 1.165) is 30.8 Å². The van der Waals surface area contributed by atoms with Gasteiger partial charge in [0.2, 0.25) is 0 Å². The van der Waals surface area contributed by atoms with Crippen LogP contribution in [0.5, 0.6) is 0 Å². The van der Waals surface area contributed by atoms with Crippen LogP contribution in [0.1, 0.15) is 37.0 Å². The molecule has 0 saturated carbocycles. The summed E-state index contributed by atoms with van der Waals surface area (Å²) in [7, 11) is 1.96. The summed E-state index contributed by atoms with van der Waals surface area (Å²) in [5, 5.41) is 7.90. The first-order chi connectivity index (χ1) is 9.28. The van der Waals surface area contributed by atoms with E-state index in [1.165, 1.54) is 5.69 Å². The maximum absolute atomic E-state index is 4.58. The van der Waals surface area contributed by atoms with Crippen molar-refractivity contribution in [3.8, 4) is 0 Å². The molecule has 0 bridgehead atoms. The fourth-order valence-electron chi connectivity index (χ4n) is 2.20. The summed E-state index contributed by atoms with van der Waals surface area (Å²) in [6.45, 7) is 5.15. The average Bonchev–Trinajstić information content (AvgIpc) is 2.87. The van der Waals surface area contributed by atoms with Gasteiger partial charge in [-0.15, -0.1) is 0 Å². The molecule has 0 saturated heterocycles. The van der Waals surface area contributed by atoms with Crippen molar-refractivity contribution in [1.29, 1.82) is 0 Å². The molecule has 0 fully saturated rings. The highest BCUT2D eigenvalue weighted by Crippen LogP contribution is 2.17. The van der Waals surface area contributed by atoms with Gasteiger partial charge < -0.3 is 5.32 Å². The Labute approximate surface area is 114 Å². The quantitative estimate of drug-likeness (QED) is 0.859. The Kier molecular flexibility index (Phi) is 4.63. The first-order valence-corrected chi connectivity index (χ1v) is 6.77. The molecule has 2 aromatic heterocycles. The number of hydrogen-bond acceptors (Lipinski definition) is 4. The molecule has 0 amide bonds. The van der Waals surface area contributed by atoms with Gasteiger partial charge in [0.15, 0.2) is 0 Å². The molecule has 0 spiro atoms. The van der Waals surface area contributed by atoms with E-state index in [0.29, 0.717) is 0 Å². The van der Waals surface area contributed by atoms with E-state index in [4.69, 9.17) is 0 Å². The third kappa shape index (κ3) is 3.17. The van der Waals surface area contributed by atoms with Crippen molar-refractivity contribution in [3.63, 3.8) is 0 Å². The summed E-state index contributed by atoms with van der Waals surface area (Å²) >= 11 is 0. The van der Waals surface area contributed by atoms with Crippen LogP contribution in [0.3, 0.4) is 0 Å². The molecule has 2 rings (SSSR count). The number of likely N-dealkylation sites (N-methyl/N-ethyl adjacent to an activating group) is 1. The molecule has 1 atom stereocenters. The van der Waals surface area contributed by atoms with Crippen LogP contribution in [-0.4, -0.2) is 26.8 Å². The second-order valence-electron chi connectivity index (χ2n) is 4.48. The van der Waals surface area contributed by atoms with Crippen molar-refractivity contribution in [2.45, 2.75) is 39.3 Å². The predicted molar refractivity (Wildman–Crippen MR) is 74.8 cm³/mol. The predicted octanol–water partition coefficient (Wildman–Crippen LogP) is 1.76. The standard InChI is InChI=1S/C14H21N5/c1-4-11-8-12(19(5-2)18-11)9-14(15-3)13-6-7-16-10-17-13/h6-8,10,14-15H,4-5,9H2,1-3H3. The van der Waals surface area contributed by atoms with Crippen LogP contribution in [0.4, 0.5) is 0 Å². The van der Waals surface area contributed by atoms with Crippen molar-refractivity contribution in [1.82, 2.24) is 25.1 Å². The van der Waals surface area contributed by atoms with Crippen LogP contribution >= 0.6 is 0 Å². The lowest BCUT2D eigenvalue weighted by atomic mass is 10.1. The van der Waals surface area contributed by atoms with Crippen molar-refractivity contribution < 1.29 is 0 Å². The fourth-order valence-corrected chi connectivity index (χ4v) is 2.20. The summed E-state index contributed by atoms with van der Waals surface area (Å²) in [4.78, 5) is 8.29. The molecule has 102 valence electrons. The number of nitrogens with zero attached hydrogens (tertiary/aromatic N) is 4. The second kappa shape index (κ2) is 6.43. The first-order valence-electron chi connectivity index (χ1n) is 6.77. The minimum absolute atomic E-state index is 0.190. The molecule has 0 aliphatic heterocycles. The molecule has 1 unspecified atom stereocenters. The first kappa shape index (κ1) is 13.7. The van der Waals surface area contributed by atoms with Gasteiger partial charge >= 0.3 is 0 Å². The second-order valence-corrected chi connectivity index (χ2v) is 4.48. The van der Waals surface area contributed by atoms with E-state index < -0.39 is 0 Å². The zero-order chi connectivity index (χ0) is 13.7. The fraction of sp³-hybridized carbons (Fsp3) is 0.500.